The lowest BCUT2D eigenvalue weighted by Gasteiger charge is -2.24. The Balaban J connectivity index is 1.82. The van der Waals surface area contributed by atoms with E-state index < -0.39 is 11.6 Å². The van der Waals surface area contributed by atoms with Gasteiger partial charge in [0.25, 0.3) is 0 Å². The number of rotatable bonds is 12. The van der Waals surface area contributed by atoms with Crippen molar-refractivity contribution in [3.05, 3.63) is 65.2 Å². The van der Waals surface area contributed by atoms with Gasteiger partial charge in [0.1, 0.15) is 17.2 Å². The summed E-state index contributed by atoms with van der Waals surface area (Å²) in [6, 6.07) is 15.5. The molecule has 31 heavy (non-hydrogen) atoms. The molecule has 0 radical (unpaired) electrons. The number of amides is 1. The first kappa shape index (κ1) is 23.9. The maximum Gasteiger partial charge on any atom is 0.307 e. The van der Waals surface area contributed by atoms with Gasteiger partial charge in [-0.1, -0.05) is 42.0 Å². The molecule has 7 heteroatoms. The molecule has 0 spiro atoms. The van der Waals surface area contributed by atoms with Crippen molar-refractivity contribution in [1.29, 1.82) is 0 Å². The molecule has 1 amide bonds. The number of carbonyl (C=O) groups excluding carboxylic acids is 1. The van der Waals surface area contributed by atoms with E-state index >= 15 is 0 Å². The van der Waals surface area contributed by atoms with Crippen LogP contribution in [-0.4, -0.2) is 33.9 Å². The molecule has 0 aliphatic heterocycles. The lowest BCUT2D eigenvalue weighted by Crippen LogP contribution is -2.31. The van der Waals surface area contributed by atoms with E-state index in [0.717, 1.165) is 29.5 Å². The summed E-state index contributed by atoms with van der Waals surface area (Å²) in [6.07, 6.45) is 2.76. The molecule has 0 bridgehead atoms. The number of hydrazone groups is 1. The van der Waals surface area contributed by atoms with E-state index in [1.165, 1.54) is 5.01 Å². The average Bonchev–Trinajstić information content (AvgIpc) is 2.69. The number of nitrogens with zero attached hydrogens (tertiary/aromatic N) is 2. The number of carboxylic acids is 1. The van der Waals surface area contributed by atoms with Crippen molar-refractivity contribution in [3.8, 4) is 5.75 Å². The van der Waals surface area contributed by atoms with Gasteiger partial charge in [-0.3, -0.25) is 9.59 Å². The topological polar surface area (TPSA) is 105 Å². The Morgan fingerprint density at radius 3 is 2.32 bits per heavy atom. The van der Waals surface area contributed by atoms with Gasteiger partial charge in [-0.15, -0.1) is 0 Å². The maximum atomic E-state index is 11.3. The second-order valence-electron chi connectivity index (χ2n) is 8.21. The minimum atomic E-state index is -0.895. The fourth-order valence-electron chi connectivity index (χ4n) is 3.11. The molecule has 0 aliphatic carbocycles. The Morgan fingerprint density at radius 2 is 1.74 bits per heavy atom. The first-order valence-corrected chi connectivity index (χ1v) is 10.3. The molecular weight excluding hydrogens is 394 g/mol. The van der Waals surface area contributed by atoms with Crippen LogP contribution in [0.4, 0.5) is 0 Å². The zero-order valence-corrected chi connectivity index (χ0v) is 18.4. The normalized spacial score (nSPS) is 11.8. The SMILES string of the molecule is Cc1ccc(CN(C=O)/N=C(\N)CCCc2ccc(OC(C)(C)CC(=O)O)cc2)cc1. The van der Waals surface area contributed by atoms with Crippen LogP contribution in [0.25, 0.3) is 0 Å². The van der Waals surface area contributed by atoms with Gasteiger partial charge in [-0.05, 0) is 56.9 Å². The largest absolute Gasteiger partial charge is 0.487 e. The van der Waals surface area contributed by atoms with Crippen LogP contribution in [0.15, 0.2) is 53.6 Å². The van der Waals surface area contributed by atoms with Crippen LogP contribution < -0.4 is 10.5 Å². The molecule has 0 unspecified atom stereocenters. The number of nitrogens with two attached hydrogens (primary N) is 1. The number of hydrogen-bond donors (Lipinski definition) is 2. The molecule has 0 fully saturated rings. The molecule has 2 rings (SSSR count). The summed E-state index contributed by atoms with van der Waals surface area (Å²) in [4.78, 5) is 22.2. The van der Waals surface area contributed by atoms with Crippen molar-refractivity contribution in [2.24, 2.45) is 10.8 Å². The molecule has 166 valence electrons. The highest BCUT2D eigenvalue weighted by Crippen LogP contribution is 2.22. The Labute approximate surface area is 183 Å². The third kappa shape index (κ3) is 8.90. The third-order valence-electron chi connectivity index (χ3n) is 4.64. The molecule has 2 aromatic carbocycles. The van der Waals surface area contributed by atoms with Crippen LogP contribution in [0.3, 0.4) is 0 Å². The summed E-state index contributed by atoms with van der Waals surface area (Å²) < 4.78 is 5.76. The molecule has 3 N–H and O–H groups in total. The second-order valence-corrected chi connectivity index (χ2v) is 8.21. The first-order chi connectivity index (χ1) is 14.7. The van der Waals surface area contributed by atoms with E-state index in [9.17, 15) is 9.59 Å². The standard InChI is InChI=1S/C24H31N3O4/c1-18-7-9-20(10-8-18)16-27(17-28)26-22(25)6-4-5-19-11-13-21(14-12-19)31-24(2,3)15-23(29)30/h7-14,17H,4-6,15-16H2,1-3H3,(H2,25,26)(H,29,30). The fraction of sp³-hybridized carbons (Fsp3) is 0.375. The van der Waals surface area contributed by atoms with Crippen LogP contribution in [-0.2, 0) is 22.6 Å². The highest BCUT2D eigenvalue weighted by molar-refractivity contribution is 5.80. The lowest BCUT2D eigenvalue weighted by atomic mass is 10.0. The van der Waals surface area contributed by atoms with Crippen LogP contribution in [0, 0.1) is 6.92 Å². The third-order valence-corrected chi connectivity index (χ3v) is 4.64. The van der Waals surface area contributed by atoms with E-state index in [1.54, 1.807) is 13.8 Å². The predicted octanol–water partition coefficient (Wildman–Crippen LogP) is 3.88. The van der Waals surface area contributed by atoms with E-state index in [-0.39, 0.29) is 6.42 Å². The number of carboxylic acid groups (broad SMARTS) is 1. The monoisotopic (exact) mass is 425 g/mol. The molecule has 0 aromatic heterocycles. The zero-order chi connectivity index (χ0) is 22.9. The Morgan fingerprint density at radius 1 is 1.13 bits per heavy atom. The lowest BCUT2D eigenvalue weighted by molar-refractivity contribution is -0.140. The van der Waals surface area contributed by atoms with Gasteiger partial charge in [0.15, 0.2) is 0 Å². The van der Waals surface area contributed by atoms with Crippen molar-refractivity contribution in [3.63, 3.8) is 0 Å². The number of aryl methyl sites for hydroxylation is 2. The maximum absolute atomic E-state index is 11.3. The molecule has 2 aromatic rings. The molecule has 0 aliphatic rings. The summed E-state index contributed by atoms with van der Waals surface area (Å²) in [5.74, 6) is 0.149. The van der Waals surface area contributed by atoms with Crippen molar-refractivity contribution in [2.75, 3.05) is 0 Å². The quantitative estimate of drug-likeness (QED) is 0.232. The van der Waals surface area contributed by atoms with Gasteiger partial charge in [0.05, 0.1) is 13.0 Å². The average molecular weight is 426 g/mol. The van der Waals surface area contributed by atoms with E-state index in [2.05, 4.69) is 5.10 Å². The van der Waals surface area contributed by atoms with Gasteiger partial charge in [-0.2, -0.15) is 5.10 Å². The number of amidine groups is 1. The highest BCUT2D eigenvalue weighted by atomic mass is 16.5. The van der Waals surface area contributed by atoms with Gasteiger partial charge in [0.2, 0.25) is 6.41 Å². The summed E-state index contributed by atoms with van der Waals surface area (Å²) >= 11 is 0. The molecule has 0 saturated carbocycles. The van der Waals surface area contributed by atoms with E-state index in [4.69, 9.17) is 15.6 Å². The summed E-state index contributed by atoms with van der Waals surface area (Å²) in [6.45, 7) is 5.89. The van der Waals surface area contributed by atoms with E-state index in [0.29, 0.717) is 31.0 Å². The Bertz CT molecular complexity index is 890. The predicted molar refractivity (Wildman–Crippen MR) is 121 cm³/mol. The van der Waals surface area contributed by atoms with Crippen molar-refractivity contribution < 1.29 is 19.4 Å². The molecule has 0 heterocycles. The summed E-state index contributed by atoms with van der Waals surface area (Å²) in [5.41, 5.74) is 8.49. The van der Waals surface area contributed by atoms with E-state index in [1.807, 2.05) is 55.5 Å². The first-order valence-electron chi connectivity index (χ1n) is 10.3. The number of aliphatic carboxylic acids is 1. The van der Waals surface area contributed by atoms with Crippen molar-refractivity contribution >= 4 is 18.2 Å². The number of carbonyl (C=O) groups is 2. The Hall–Kier alpha value is -3.35. The Kier molecular flexibility index (Phi) is 8.61. The number of benzene rings is 2. The van der Waals surface area contributed by atoms with Gasteiger partial charge >= 0.3 is 5.97 Å². The van der Waals surface area contributed by atoms with Crippen LogP contribution in [0.2, 0.25) is 0 Å². The highest BCUT2D eigenvalue weighted by Gasteiger charge is 2.23. The zero-order valence-electron chi connectivity index (χ0n) is 18.4. The summed E-state index contributed by atoms with van der Waals surface area (Å²) in [5, 5.41) is 14.5. The summed E-state index contributed by atoms with van der Waals surface area (Å²) in [7, 11) is 0. The minimum Gasteiger partial charge on any atom is -0.487 e. The molecule has 7 nitrogen and oxygen atoms in total. The second kappa shape index (κ2) is 11.2. The van der Waals surface area contributed by atoms with Crippen molar-refractivity contribution in [2.45, 2.75) is 58.6 Å². The fourth-order valence-corrected chi connectivity index (χ4v) is 3.11. The van der Waals surface area contributed by atoms with Crippen LogP contribution in [0.5, 0.6) is 5.75 Å². The van der Waals surface area contributed by atoms with Gasteiger partial charge < -0.3 is 15.6 Å². The van der Waals surface area contributed by atoms with Crippen molar-refractivity contribution in [1.82, 2.24) is 5.01 Å². The number of hydrogen-bond acceptors (Lipinski definition) is 4. The minimum absolute atomic E-state index is 0.0743. The molecule has 0 saturated heterocycles. The van der Waals surface area contributed by atoms with Crippen LogP contribution in [0.1, 0.15) is 49.8 Å². The van der Waals surface area contributed by atoms with Gasteiger partial charge in [-0.25, -0.2) is 5.01 Å². The van der Waals surface area contributed by atoms with Crippen LogP contribution >= 0.6 is 0 Å². The number of ether oxygens (including phenoxy) is 1. The molecule has 0 atom stereocenters. The smallest absolute Gasteiger partial charge is 0.307 e. The van der Waals surface area contributed by atoms with Gasteiger partial charge in [0, 0.05) is 6.42 Å². The molecular formula is C24H31N3O4.